The molecule has 0 fully saturated rings. The van der Waals surface area contributed by atoms with Crippen molar-refractivity contribution in [3.63, 3.8) is 0 Å². The molecule has 1 amide bonds. The smallest absolute Gasteiger partial charge is 0.291 e. The molecule has 6 heteroatoms. The van der Waals surface area contributed by atoms with E-state index in [1.165, 1.54) is 0 Å². The van der Waals surface area contributed by atoms with Gasteiger partial charge in [-0.1, -0.05) is 41.4 Å². The Morgan fingerprint density at radius 1 is 1.14 bits per heavy atom. The van der Waals surface area contributed by atoms with Gasteiger partial charge in [-0.15, -0.1) is 0 Å². The lowest BCUT2D eigenvalue weighted by Crippen LogP contribution is -2.11. The maximum absolute atomic E-state index is 12.2. The summed E-state index contributed by atoms with van der Waals surface area (Å²) in [5, 5.41) is 4.20. The van der Waals surface area contributed by atoms with Gasteiger partial charge in [0.1, 0.15) is 5.58 Å². The van der Waals surface area contributed by atoms with Crippen LogP contribution in [0, 0.1) is 0 Å². The Balaban J connectivity index is 1.94. The second-order valence-corrected chi connectivity index (χ2v) is 5.96. The maximum atomic E-state index is 12.2. The molecular weight excluding hydrogens is 377 g/mol. The quantitative estimate of drug-likeness (QED) is 0.610. The molecule has 21 heavy (non-hydrogen) atoms. The summed E-state index contributed by atoms with van der Waals surface area (Å²) in [7, 11) is 0. The van der Waals surface area contributed by atoms with Crippen LogP contribution < -0.4 is 5.32 Å². The first-order chi connectivity index (χ1) is 10.1. The van der Waals surface area contributed by atoms with Crippen molar-refractivity contribution in [1.29, 1.82) is 0 Å². The van der Waals surface area contributed by atoms with Crippen molar-refractivity contribution in [2.24, 2.45) is 0 Å². The van der Waals surface area contributed by atoms with Gasteiger partial charge in [-0.3, -0.25) is 4.79 Å². The van der Waals surface area contributed by atoms with Crippen LogP contribution in [0.4, 0.5) is 5.69 Å². The molecular formula is C15H8BrCl2NO2. The third-order valence-corrected chi connectivity index (χ3v) is 4.36. The molecule has 0 atom stereocenters. The third kappa shape index (κ3) is 2.79. The Morgan fingerprint density at radius 3 is 2.67 bits per heavy atom. The standard InChI is InChI=1S/C15H8BrCl2NO2/c16-9-4-1-3-8-7-12(21-14(8)9)15(20)19-11-6-2-5-10(17)13(11)18/h1-7H,(H,19,20). The molecule has 1 N–H and O–H groups in total. The Bertz CT molecular complexity index is 845. The number of anilines is 1. The van der Waals surface area contributed by atoms with Crippen LogP contribution in [0.1, 0.15) is 10.6 Å². The minimum Gasteiger partial charge on any atom is -0.450 e. The maximum Gasteiger partial charge on any atom is 0.291 e. The van der Waals surface area contributed by atoms with Gasteiger partial charge in [-0.05, 0) is 40.2 Å². The molecule has 0 saturated carbocycles. The van der Waals surface area contributed by atoms with Gasteiger partial charge >= 0.3 is 0 Å². The highest BCUT2D eigenvalue weighted by Gasteiger charge is 2.15. The van der Waals surface area contributed by atoms with Crippen LogP contribution in [-0.4, -0.2) is 5.91 Å². The van der Waals surface area contributed by atoms with Crippen molar-refractivity contribution in [2.75, 3.05) is 5.32 Å². The topological polar surface area (TPSA) is 42.2 Å². The first-order valence-electron chi connectivity index (χ1n) is 5.99. The zero-order chi connectivity index (χ0) is 15.0. The molecule has 0 radical (unpaired) electrons. The Labute approximate surface area is 139 Å². The Hall–Kier alpha value is -1.49. The van der Waals surface area contributed by atoms with Crippen LogP contribution in [0.3, 0.4) is 0 Å². The summed E-state index contributed by atoms with van der Waals surface area (Å²) in [5.41, 5.74) is 1.06. The van der Waals surface area contributed by atoms with Gasteiger partial charge in [-0.25, -0.2) is 0 Å². The number of para-hydroxylation sites is 1. The largest absolute Gasteiger partial charge is 0.450 e. The molecule has 1 aromatic heterocycles. The van der Waals surface area contributed by atoms with E-state index in [1.54, 1.807) is 24.3 Å². The number of furan rings is 1. The first kappa shape index (κ1) is 14.4. The number of halogens is 3. The predicted octanol–water partition coefficient (Wildman–Crippen LogP) is 5.75. The number of hydrogen-bond acceptors (Lipinski definition) is 2. The van der Waals surface area contributed by atoms with Crippen LogP contribution in [0.2, 0.25) is 10.0 Å². The van der Waals surface area contributed by atoms with Gasteiger partial charge in [0.15, 0.2) is 5.76 Å². The summed E-state index contributed by atoms with van der Waals surface area (Å²) in [5.74, 6) is -0.185. The molecule has 2 aromatic carbocycles. The fraction of sp³-hybridized carbons (Fsp3) is 0. The average molecular weight is 385 g/mol. The lowest BCUT2D eigenvalue weighted by Gasteiger charge is -2.06. The van der Waals surface area contributed by atoms with E-state index in [0.717, 1.165) is 9.86 Å². The Morgan fingerprint density at radius 2 is 1.90 bits per heavy atom. The van der Waals surface area contributed by atoms with Crippen molar-refractivity contribution >= 4 is 61.7 Å². The second kappa shape index (κ2) is 5.72. The zero-order valence-corrected chi connectivity index (χ0v) is 13.6. The lowest BCUT2D eigenvalue weighted by molar-refractivity contribution is 0.0998. The van der Waals surface area contributed by atoms with E-state index in [2.05, 4.69) is 21.2 Å². The van der Waals surface area contributed by atoms with Gasteiger partial charge < -0.3 is 9.73 Å². The first-order valence-corrected chi connectivity index (χ1v) is 7.54. The normalized spacial score (nSPS) is 10.8. The van der Waals surface area contributed by atoms with Crippen molar-refractivity contribution in [3.8, 4) is 0 Å². The fourth-order valence-electron chi connectivity index (χ4n) is 1.92. The SMILES string of the molecule is O=C(Nc1cccc(Cl)c1Cl)c1cc2cccc(Br)c2o1. The molecule has 3 rings (SSSR count). The molecule has 0 spiro atoms. The molecule has 0 aliphatic heterocycles. The lowest BCUT2D eigenvalue weighted by atomic mass is 10.2. The highest BCUT2D eigenvalue weighted by Crippen LogP contribution is 2.31. The van der Waals surface area contributed by atoms with E-state index in [-0.39, 0.29) is 11.7 Å². The molecule has 106 valence electrons. The Kier molecular flexibility index (Phi) is 3.93. The van der Waals surface area contributed by atoms with Crippen LogP contribution in [0.15, 0.2) is 51.4 Å². The molecule has 0 bridgehead atoms. The molecule has 0 aliphatic carbocycles. The molecule has 0 aliphatic rings. The molecule has 0 unspecified atom stereocenters. The summed E-state index contributed by atoms with van der Waals surface area (Å²) in [6.45, 7) is 0. The van der Waals surface area contributed by atoms with Crippen molar-refractivity contribution in [3.05, 3.63) is 62.7 Å². The van der Waals surface area contributed by atoms with E-state index in [9.17, 15) is 4.79 Å². The number of carbonyl (C=O) groups excluding carboxylic acids is 1. The average Bonchev–Trinajstić information content (AvgIpc) is 2.89. The number of carbonyl (C=O) groups is 1. The van der Waals surface area contributed by atoms with Gasteiger partial charge in [0.25, 0.3) is 5.91 Å². The van der Waals surface area contributed by atoms with Crippen molar-refractivity contribution < 1.29 is 9.21 Å². The van der Waals surface area contributed by atoms with Gasteiger partial charge in [0, 0.05) is 5.39 Å². The molecule has 3 aromatic rings. The second-order valence-electron chi connectivity index (χ2n) is 4.32. The minimum absolute atomic E-state index is 0.202. The van der Waals surface area contributed by atoms with E-state index in [0.29, 0.717) is 21.3 Å². The summed E-state index contributed by atoms with van der Waals surface area (Å²) in [6.07, 6.45) is 0. The van der Waals surface area contributed by atoms with Crippen LogP contribution in [0.25, 0.3) is 11.0 Å². The van der Waals surface area contributed by atoms with Crippen LogP contribution >= 0.6 is 39.1 Å². The summed E-state index contributed by atoms with van der Waals surface area (Å²) >= 11 is 15.3. The number of rotatable bonds is 2. The highest BCUT2D eigenvalue weighted by atomic mass is 79.9. The minimum atomic E-state index is -0.387. The van der Waals surface area contributed by atoms with Crippen LogP contribution in [-0.2, 0) is 0 Å². The molecule has 0 saturated heterocycles. The van der Waals surface area contributed by atoms with E-state index < -0.39 is 0 Å². The molecule has 1 heterocycles. The summed E-state index contributed by atoms with van der Waals surface area (Å²) in [4.78, 5) is 12.2. The predicted molar refractivity (Wildman–Crippen MR) is 88.3 cm³/mol. The van der Waals surface area contributed by atoms with Gasteiger partial charge in [-0.2, -0.15) is 0 Å². The number of fused-ring (bicyclic) bond motifs is 1. The van der Waals surface area contributed by atoms with Crippen molar-refractivity contribution in [1.82, 2.24) is 0 Å². The third-order valence-electron chi connectivity index (χ3n) is 2.92. The van der Waals surface area contributed by atoms with E-state index in [1.807, 2.05) is 18.2 Å². The van der Waals surface area contributed by atoms with E-state index >= 15 is 0 Å². The van der Waals surface area contributed by atoms with Crippen molar-refractivity contribution in [2.45, 2.75) is 0 Å². The zero-order valence-electron chi connectivity index (χ0n) is 10.5. The van der Waals surface area contributed by atoms with E-state index in [4.69, 9.17) is 27.6 Å². The number of nitrogens with one attached hydrogen (secondary N) is 1. The monoisotopic (exact) mass is 383 g/mol. The summed E-state index contributed by atoms with van der Waals surface area (Å²) in [6, 6.07) is 12.3. The van der Waals surface area contributed by atoms with Crippen LogP contribution in [0.5, 0.6) is 0 Å². The number of amides is 1. The summed E-state index contributed by atoms with van der Waals surface area (Å²) < 4.78 is 6.36. The van der Waals surface area contributed by atoms with Gasteiger partial charge in [0.2, 0.25) is 0 Å². The number of benzene rings is 2. The highest BCUT2D eigenvalue weighted by molar-refractivity contribution is 9.10. The fourth-order valence-corrected chi connectivity index (χ4v) is 2.73. The number of hydrogen-bond donors (Lipinski definition) is 1. The molecule has 3 nitrogen and oxygen atoms in total. The van der Waals surface area contributed by atoms with Gasteiger partial charge in [0.05, 0.1) is 20.2 Å².